The number of carbonyl (C=O) groups is 3. The number of piperidine rings is 1. The van der Waals surface area contributed by atoms with Crippen LogP contribution in [0, 0.1) is 0 Å². The van der Waals surface area contributed by atoms with Gasteiger partial charge < -0.3 is 20.4 Å². The van der Waals surface area contributed by atoms with Gasteiger partial charge in [-0.15, -0.1) is 11.3 Å². The molecule has 0 unspecified atom stereocenters. The summed E-state index contributed by atoms with van der Waals surface area (Å²) in [6.07, 6.45) is 2.98. The summed E-state index contributed by atoms with van der Waals surface area (Å²) < 4.78 is 5.07. The van der Waals surface area contributed by atoms with Gasteiger partial charge in [-0.2, -0.15) is 0 Å². The Kier molecular flexibility index (Phi) is 6.98. The Balaban J connectivity index is 1.20. The van der Waals surface area contributed by atoms with Gasteiger partial charge in [0.05, 0.1) is 22.7 Å². The first kappa shape index (κ1) is 21.8. The average molecular weight is 453 g/mol. The molecule has 9 heteroatoms. The van der Waals surface area contributed by atoms with Crippen LogP contribution in [0.25, 0.3) is 0 Å². The largest absolute Gasteiger partial charge is 0.459 e. The second kappa shape index (κ2) is 10.3. The summed E-state index contributed by atoms with van der Waals surface area (Å²) in [6.45, 7) is 1.81. The summed E-state index contributed by atoms with van der Waals surface area (Å²) in [7, 11) is 0. The maximum Gasteiger partial charge on any atom is 0.291 e. The van der Waals surface area contributed by atoms with Gasteiger partial charge in [0.25, 0.3) is 11.8 Å². The fourth-order valence-electron chi connectivity index (χ4n) is 3.53. The molecule has 0 saturated carbocycles. The van der Waals surface area contributed by atoms with Crippen LogP contribution in [0.5, 0.6) is 0 Å². The molecule has 0 aliphatic carbocycles. The van der Waals surface area contributed by atoms with Crippen molar-refractivity contribution in [3.8, 4) is 0 Å². The van der Waals surface area contributed by atoms with E-state index in [4.69, 9.17) is 4.42 Å². The molecule has 3 amide bonds. The number of hydrogen-bond acceptors (Lipinski definition) is 6. The standard InChI is InChI=1S/C23H24N4O4S/c28-20(24-16-5-2-1-3-6-16)15-27-12-10-17(11-13-27)25-23(30)19-8-9-21(32-19)26-22(29)18-7-4-14-31-18/h1-9,14,17H,10-13,15H2,(H,24,28)(H,25,30)(H,26,29). The molecule has 1 aliphatic rings. The van der Waals surface area contributed by atoms with Crippen molar-refractivity contribution in [3.05, 3.63) is 71.5 Å². The van der Waals surface area contributed by atoms with Crippen molar-refractivity contribution in [2.45, 2.75) is 18.9 Å². The van der Waals surface area contributed by atoms with Crippen molar-refractivity contribution in [2.75, 3.05) is 30.3 Å². The molecule has 1 saturated heterocycles. The van der Waals surface area contributed by atoms with Crippen LogP contribution in [0.1, 0.15) is 33.1 Å². The highest BCUT2D eigenvalue weighted by Crippen LogP contribution is 2.23. The lowest BCUT2D eigenvalue weighted by Crippen LogP contribution is -2.46. The summed E-state index contributed by atoms with van der Waals surface area (Å²) >= 11 is 1.22. The minimum atomic E-state index is -0.354. The molecule has 1 aromatic carbocycles. The van der Waals surface area contributed by atoms with Gasteiger partial charge in [0.15, 0.2) is 5.76 Å². The van der Waals surface area contributed by atoms with E-state index in [-0.39, 0.29) is 29.5 Å². The van der Waals surface area contributed by atoms with Crippen LogP contribution in [0.4, 0.5) is 10.7 Å². The number of benzene rings is 1. The lowest BCUT2D eigenvalue weighted by Gasteiger charge is -2.31. The molecule has 4 rings (SSSR count). The Morgan fingerprint density at radius 1 is 0.938 bits per heavy atom. The van der Waals surface area contributed by atoms with Crippen molar-refractivity contribution in [2.24, 2.45) is 0 Å². The number of likely N-dealkylation sites (tertiary alicyclic amines) is 1. The molecule has 0 spiro atoms. The Hall–Kier alpha value is -3.43. The fraction of sp³-hybridized carbons (Fsp3) is 0.261. The van der Waals surface area contributed by atoms with E-state index in [1.54, 1.807) is 24.3 Å². The van der Waals surface area contributed by atoms with Crippen molar-refractivity contribution in [1.29, 1.82) is 0 Å². The van der Waals surface area contributed by atoms with E-state index in [2.05, 4.69) is 20.9 Å². The molecule has 3 aromatic rings. The third-order valence-corrected chi connectivity index (χ3v) is 6.16. The molecule has 0 atom stereocenters. The molecule has 32 heavy (non-hydrogen) atoms. The Morgan fingerprint density at radius 3 is 2.44 bits per heavy atom. The van der Waals surface area contributed by atoms with Crippen molar-refractivity contribution < 1.29 is 18.8 Å². The van der Waals surface area contributed by atoms with E-state index in [9.17, 15) is 14.4 Å². The zero-order valence-corrected chi connectivity index (χ0v) is 18.2. The average Bonchev–Trinajstić information content (AvgIpc) is 3.48. The highest BCUT2D eigenvalue weighted by atomic mass is 32.1. The fourth-order valence-corrected chi connectivity index (χ4v) is 4.33. The molecular weight excluding hydrogens is 428 g/mol. The molecule has 0 radical (unpaired) electrons. The third-order valence-electron chi connectivity index (χ3n) is 5.16. The minimum Gasteiger partial charge on any atom is -0.459 e. The molecule has 2 aromatic heterocycles. The summed E-state index contributed by atoms with van der Waals surface area (Å²) in [5, 5.41) is 9.26. The Labute approximate surface area is 189 Å². The number of furan rings is 1. The maximum absolute atomic E-state index is 12.6. The monoisotopic (exact) mass is 452 g/mol. The first-order valence-electron chi connectivity index (χ1n) is 10.4. The smallest absolute Gasteiger partial charge is 0.291 e. The van der Waals surface area contributed by atoms with Gasteiger partial charge in [0, 0.05) is 24.8 Å². The van der Waals surface area contributed by atoms with E-state index in [0.717, 1.165) is 31.6 Å². The number of carbonyl (C=O) groups excluding carboxylic acids is 3. The van der Waals surface area contributed by atoms with Gasteiger partial charge in [-0.3, -0.25) is 19.3 Å². The molecule has 3 N–H and O–H groups in total. The second-order valence-corrected chi connectivity index (χ2v) is 8.62. The van der Waals surface area contributed by atoms with Crippen molar-refractivity contribution in [3.63, 3.8) is 0 Å². The summed E-state index contributed by atoms with van der Waals surface area (Å²) in [4.78, 5) is 39.5. The molecule has 1 fully saturated rings. The third kappa shape index (κ3) is 5.83. The second-order valence-electron chi connectivity index (χ2n) is 7.53. The summed E-state index contributed by atoms with van der Waals surface area (Å²) in [5.74, 6) is -0.337. The molecule has 1 aliphatic heterocycles. The van der Waals surface area contributed by atoms with Gasteiger partial charge in [-0.25, -0.2) is 0 Å². The van der Waals surface area contributed by atoms with E-state index < -0.39 is 0 Å². The summed E-state index contributed by atoms with van der Waals surface area (Å²) in [5.41, 5.74) is 0.787. The number of nitrogens with one attached hydrogen (secondary N) is 3. The predicted octanol–water partition coefficient (Wildman–Crippen LogP) is 3.43. The number of anilines is 2. The van der Waals surface area contributed by atoms with E-state index in [1.165, 1.54) is 17.6 Å². The van der Waals surface area contributed by atoms with Crippen LogP contribution in [-0.2, 0) is 4.79 Å². The molecule has 8 nitrogen and oxygen atoms in total. The summed E-state index contributed by atoms with van der Waals surface area (Å²) in [6, 6.07) is 16.1. The highest BCUT2D eigenvalue weighted by molar-refractivity contribution is 7.18. The molecule has 3 heterocycles. The Bertz CT molecular complexity index is 1060. The van der Waals surface area contributed by atoms with Gasteiger partial charge in [0.1, 0.15) is 0 Å². The first-order chi connectivity index (χ1) is 15.6. The zero-order valence-electron chi connectivity index (χ0n) is 17.4. The quantitative estimate of drug-likeness (QED) is 0.510. The zero-order chi connectivity index (χ0) is 22.3. The number of thiophene rings is 1. The van der Waals surface area contributed by atoms with Crippen LogP contribution >= 0.6 is 11.3 Å². The SMILES string of the molecule is O=C(CN1CCC(NC(=O)c2ccc(NC(=O)c3ccco3)s2)CC1)Nc1ccccc1. The van der Waals surface area contributed by atoms with Crippen LogP contribution < -0.4 is 16.0 Å². The lowest BCUT2D eigenvalue weighted by molar-refractivity contribution is -0.117. The van der Waals surface area contributed by atoms with Crippen molar-refractivity contribution >= 4 is 39.7 Å². The normalized spacial score (nSPS) is 14.6. The molecule has 0 bridgehead atoms. The maximum atomic E-state index is 12.6. The first-order valence-corrected chi connectivity index (χ1v) is 11.2. The van der Waals surface area contributed by atoms with Gasteiger partial charge in [0.2, 0.25) is 5.91 Å². The van der Waals surface area contributed by atoms with Gasteiger partial charge in [-0.1, -0.05) is 18.2 Å². The van der Waals surface area contributed by atoms with Gasteiger partial charge >= 0.3 is 0 Å². The number of rotatable bonds is 7. The van der Waals surface area contributed by atoms with E-state index in [1.807, 2.05) is 30.3 Å². The topological polar surface area (TPSA) is 104 Å². The lowest BCUT2D eigenvalue weighted by atomic mass is 10.0. The van der Waals surface area contributed by atoms with Gasteiger partial charge in [-0.05, 0) is 49.2 Å². The van der Waals surface area contributed by atoms with E-state index in [0.29, 0.717) is 16.4 Å². The minimum absolute atomic E-state index is 0.0404. The number of nitrogens with zero attached hydrogens (tertiary/aromatic N) is 1. The van der Waals surface area contributed by atoms with Crippen LogP contribution in [0.15, 0.2) is 65.3 Å². The van der Waals surface area contributed by atoms with Crippen LogP contribution in [0.2, 0.25) is 0 Å². The molecule has 166 valence electrons. The number of amides is 3. The molecular formula is C23H24N4O4S. The van der Waals surface area contributed by atoms with Crippen LogP contribution in [0.3, 0.4) is 0 Å². The Morgan fingerprint density at radius 2 is 1.72 bits per heavy atom. The predicted molar refractivity (Wildman–Crippen MR) is 123 cm³/mol. The number of para-hydroxylation sites is 1. The van der Waals surface area contributed by atoms with Crippen molar-refractivity contribution in [1.82, 2.24) is 10.2 Å². The van der Waals surface area contributed by atoms with E-state index >= 15 is 0 Å². The highest BCUT2D eigenvalue weighted by Gasteiger charge is 2.23. The number of hydrogen-bond donors (Lipinski definition) is 3. The van der Waals surface area contributed by atoms with Crippen LogP contribution in [-0.4, -0.2) is 48.3 Å².